The van der Waals surface area contributed by atoms with Gasteiger partial charge in [-0.3, -0.25) is 0 Å². The number of rotatable bonds is 4. The standard InChI is InChI=1S/C7H17N3O/c8-3-7(11)5-10-6-1-2-9-4-6/h6-7,9-11H,1-5,8H2. The second kappa shape index (κ2) is 4.66. The van der Waals surface area contributed by atoms with E-state index in [1.54, 1.807) is 0 Å². The van der Waals surface area contributed by atoms with Crippen LogP contribution in [0.3, 0.4) is 0 Å². The fourth-order valence-electron chi connectivity index (χ4n) is 1.21. The Morgan fingerprint density at radius 2 is 2.55 bits per heavy atom. The number of hydrogen-bond donors (Lipinski definition) is 4. The predicted molar refractivity (Wildman–Crippen MR) is 44.3 cm³/mol. The summed E-state index contributed by atoms with van der Waals surface area (Å²) in [5.74, 6) is 0. The largest absolute Gasteiger partial charge is 0.390 e. The Kier molecular flexibility index (Phi) is 3.79. The summed E-state index contributed by atoms with van der Waals surface area (Å²) in [6, 6.07) is 0.524. The second-order valence-corrected chi connectivity index (χ2v) is 2.99. The highest BCUT2D eigenvalue weighted by Gasteiger charge is 2.13. The summed E-state index contributed by atoms with van der Waals surface area (Å²) in [5, 5.41) is 15.6. The lowest BCUT2D eigenvalue weighted by Gasteiger charge is -2.13. The summed E-state index contributed by atoms with van der Waals surface area (Å²) in [5.41, 5.74) is 5.25. The summed E-state index contributed by atoms with van der Waals surface area (Å²) in [6.07, 6.45) is 0.757. The van der Waals surface area contributed by atoms with Gasteiger partial charge in [0.1, 0.15) is 0 Å². The van der Waals surface area contributed by atoms with Gasteiger partial charge in [0.25, 0.3) is 0 Å². The maximum atomic E-state index is 9.11. The molecule has 4 heteroatoms. The Morgan fingerprint density at radius 3 is 3.09 bits per heavy atom. The van der Waals surface area contributed by atoms with Crippen molar-refractivity contribution in [3.63, 3.8) is 0 Å². The van der Waals surface area contributed by atoms with E-state index in [4.69, 9.17) is 10.8 Å². The Bertz CT molecular complexity index is 104. The molecule has 0 aliphatic carbocycles. The summed E-state index contributed by atoms with van der Waals surface area (Å²) < 4.78 is 0. The van der Waals surface area contributed by atoms with Gasteiger partial charge in [-0.05, 0) is 13.0 Å². The minimum Gasteiger partial charge on any atom is -0.390 e. The molecule has 1 heterocycles. The molecule has 0 aromatic carbocycles. The third kappa shape index (κ3) is 3.16. The summed E-state index contributed by atoms with van der Waals surface area (Å²) in [6.45, 7) is 3.05. The lowest BCUT2D eigenvalue weighted by molar-refractivity contribution is 0.175. The van der Waals surface area contributed by atoms with Gasteiger partial charge in [-0.1, -0.05) is 0 Å². The van der Waals surface area contributed by atoms with Crippen LogP contribution >= 0.6 is 0 Å². The zero-order chi connectivity index (χ0) is 8.10. The van der Waals surface area contributed by atoms with Gasteiger partial charge >= 0.3 is 0 Å². The molecule has 1 aliphatic heterocycles. The van der Waals surface area contributed by atoms with E-state index >= 15 is 0 Å². The highest BCUT2D eigenvalue weighted by molar-refractivity contribution is 4.78. The Hall–Kier alpha value is -0.160. The maximum absolute atomic E-state index is 9.11. The Morgan fingerprint density at radius 1 is 1.73 bits per heavy atom. The molecule has 0 spiro atoms. The van der Waals surface area contributed by atoms with Crippen molar-refractivity contribution in [3.05, 3.63) is 0 Å². The number of aliphatic hydroxyl groups is 1. The van der Waals surface area contributed by atoms with E-state index in [2.05, 4.69) is 10.6 Å². The van der Waals surface area contributed by atoms with E-state index < -0.39 is 6.10 Å². The molecule has 1 rings (SSSR count). The van der Waals surface area contributed by atoms with E-state index in [9.17, 15) is 0 Å². The van der Waals surface area contributed by atoms with Gasteiger partial charge in [0.2, 0.25) is 0 Å². The SMILES string of the molecule is NCC(O)CNC1CCNC1. The smallest absolute Gasteiger partial charge is 0.0786 e. The van der Waals surface area contributed by atoms with Crippen molar-refractivity contribution >= 4 is 0 Å². The predicted octanol–water partition coefficient (Wildman–Crippen LogP) is -1.74. The summed E-state index contributed by atoms with van der Waals surface area (Å²) >= 11 is 0. The van der Waals surface area contributed by atoms with E-state index in [0.29, 0.717) is 19.1 Å². The minimum absolute atomic E-state index is 0.340. The first-order valence-electron chi connectivity index (χ1n) is 4.15. The van der Waals surface area contributed by atoms with Crippen LogP contribution in [0.1, 0.15) is 6.42 Å². The van der Waals surface area contributed by atoms with Gasteiger partial charge in [-0.25, -0.2) is 0 Å². The highest BCUT2D eigenvalue weighted by Crippen LogP contribution is 1.96. The molecule has 0 aromatic rings. The van der Waals surface area contributed by atoms with E-state index in [1.807, 2.05) is 0 Å². The molecule has 0 saturated carbocycles. The molecule has 4 nitrogen and oxygen atoms in total. The molecule has 66 valence electrons. The van der Waals surface area contributed by atoms with Gasteiger partial charge in [-0.15, -0.1) is 0 Å². The van der Waals surface area contributed by atoms with E-state index in [0.717, 1.165) is 19.5 Å². The molecule has 11 heavy (non-hydrogen) atoms. The molecular formula is C7H17N3O. The average molecular weight is 159 g/mol. The minimum atomic E-state index is -0.393. The molecule has 0 radical (unpaired) electrons. The number of aliphatic hydroxyl groups excluding tert-OH is 1. The third-order valence-corrected chi connectivity index (χ3v) is 1.97. The Balaban J connectivity index is 2.01. The molecule has 1 saturated heterocycles. The maximum Gasteiger partial charge on any atom is 0.0786 e. The fourth-order valence-corrected chi connectivity index (χ4v) is 1.21. The van der Waals surface area contributed by atoms with Crippen LogP contribution in [0, 0.1) is 0 Å². The molecule has 2 unspecified atom stereocenters. The van der Waals surface area contributed by atoms with Crippen LogP contribution in [-0.4, -0.2) is 43.4 Å². The normalized spacial score (nSPS) is 27.3. The first-order chi connectivity index (χ1) is 5.33. The van der Waals surface area contributed by atoms with Crippen LogP contribution < -0.4 is 16.4 Å². The highest BCUT2D eigenvalue weighted by atomic mass is 16.3. The molecule has 1 aliphatic rings. The monoisotopic (exact) mass is 159 g/mol. The number of nitrogens with two attached hydrogens (primary N) is 1. The molecule has 2 atom stereocenters. The van der Waals surface area contributed by atoms with E-state index in [1.165, 1.54) is 0 Å². The van der Waals surface area contributed by atoms with Crippen molar-refractivity contribution in [2.24, 2.45) is 5.73 Å². The van der Waals surface area contributed by atoms with Crippen molar-refractivity contribution < 1.29 is 5.11 Å². The van der Waals surface area contributed by atoms with Crippen LogP contribution in [0.25, 0.3) is 0 Å². The molecular weight excluding hydrogens is 142 g/mol. The lowest BCUT2D eigenvalue weighted by atomic mass is 10.2. The van der Waals surface area contributed by atoms with Crippen LogP contribution in [-0.2, 0) is 0 Å². The van der Waals surface area contributed by atoms with Crippen LogP contribution in [0.4, 0.5) is 0 Å². The second-order valence-electron chi connectivity index (χ2n) is 2.99. The molecule has 0 aromatic heterocycles. The zero-order valence-corrected chi connectivity index (χ0v) is 6.71. The first kappa shape index (κ1) is 8.93. The van der Waals surface area contributed by atoms with Gasteiger partial charge < -0.3 is 21.5 Å². The van der Waals surface area contributed by atoms with Crippen LogP contribution in [0.2, 0.25) is 0 Å². The fraction of sp³-hybridized carbons (Fsp3) is 1.00. The first-order valence-corrected chi connectivity index (χ1v) is 4.15. The summed E-state index contributed by atoms with van der Waals surface area (Å²) in [4.78, 5) is 0. The topological polar surface area (TPSA) is 70.3 Å². The van der Waals surface area contributed by atoms with Gasteiger partial charge in [-0.2, -0.15) is 0 Å². The van der Waals surface area contributed by atoms with Crippen molar-refractivity contribution in [3.8, 4) is 0 Å². The Labute approximate surface area is 67.2 Å². The molecule has 0 bridgehead atoms. The van der Waals surface area contributed by atoms with Crippen molar-refractivity contribution in [1.82, 2.24) is 10.6 Å². The van der Waals surface area contributed by atoms with Gasteiger partial charge in [0.15, 0.2) is 0 Å². The number of nitrogens with one attached hydrogen (secondary N) is 2. The quantitative estimate of drug-likeness (QED) is 0.393. The van der Waals surface area contributed by atoms with Crippen molar-refractivity contribution in [2.45, 2.75) is 18.6 Å². The third-order valence-electron chi connectivity index (χ3n) is 1.97. The molecule has 5 N–H and O–H groups in total. The van der Waals surface area contributed by atoms with E-state index in [-0.39, 0.29) is 0 Å². The number of hydrogen-bond acceptors (Lipinski definition) is 4. The average Bonchev–Trinajstić information content (AvgIpc) is 2.52. The molecule has 1 fully saturated rings. The zero-order valence-electron chi connectivity index (χ0n) is 6.71. The summed E-state index contributed by atoms with van der Waals surface area (Å²) in [7, 11) is 0. The van der Waals surface area contributed by atoms with Crippen molar-refractivity contribution in [2.75, 3.05) is 26.2 Å². The molecule has 0 amide bonds. The van der Waals surface area contributed by atoms with Gasteiger partial charge in [0.05, 0.1) is 6.10 Å². The van der Waals surface area contributed by atoms with Crippen LogP contribution in [0.5, 0.6) is 0 Å². The lowest BCUT2D eigenvalue weighted by Crippen LogP contribution is -2.39. The van der Waals surface area contributed by atoms with Gasteiger partial charge in [0, 0.05) is 25.7 Å². The van der Waals surface area contributed by atoms with Crippen LogP contribution in [0.15, 0.2) is 0 Å². The van der Waals surface area contributed by atoms with Crippen molar-refractivity contribution in [1.29, 1.82) is 0 Å².